The summed E-state index contributed by atoms with van der Waals surface area (Å²) in [5.41, 5.74) is 2.96. The van der Waals surface area contributed by atoms with Gasteiger partial charge in [-0.2, -0.15) is 10.2 Å². The highest BCUT2D eigenvalue weighted by atomic mass is 35.5. The number of amides is 1. The maximum Gasteiger partial charge on any atom is 0.264 e. The lowest BCUT2D eigenvalue weighted by atomic mass is 10.1. The second-order valence-corrected chi connectivity index (χ2v) is 8.69. The summed E-state index contributed by atoms with van der Waals surface area (Å²) in [6.07, 6.45) is 2.56. The van der Waals surface area contributed by atoms with E-state index in [4.69, 9.17) is 11.6 Å². The number of aromatic nitrogens is 5. The van der Waals surface area contributed by atoms with Crippen molar-refractivity contribution in [3.63, 3.8) is 0 Å². The summed E-state index contributed by atoms with van der Waals surface area (Å²) in [5, 5.41) is 12.2. The van der Waals surface area contributed by atoms with Gasteiger partial charge in [0.2, 0.25) is 5.91 Å². The average molecular weight is 471 g/mol. The van der Waals surface area contributed by atoms with Crippen molar-refractivity contribution in [2.45, 2.75) is 45.2 Å². The van der Waals surface area contributed by atoms with Gasteiger partial charge in [0.15, 0.2) is 5.65 Å². The first-order valence-electron chi connectivity index (χ1n) is 10.6. The fourth-order valence-electron chi connectivity index (χ4n) is 3.92. The largest absolute Gasteiger partial charge is 0.324 e. The maximum absolute atomic E-state index is 13.7. The smallest absolute Gasteiger partial charge is 0.264 e. The summed E-state index contributed by atoms with van der Waals surface area (Å²) < 4.78 is 30.6. The van der Waals surface area contributed by atoms with Gasteiger partial charge in [0.25, 0.3) is 6.43 Å². The van der Waals surface area contributed by atoms with Crippen molar-refractivity contribution >= 4 is 34.2 Å². The van der Waals surface area contributed by atoms with Gasteiger partial charge in [-0.1, -0.05) is 23.7 Å². The Bertz CT molecular complexity index is 1330. The highest BCUT2D eigenvalue weighted by Crippen LogP contribution is 2.41. The number of hydrogen-bond acceptors (Lipinski definition) is 4. The monoisotopic (exact) mass is 470 g/mol. The lowest BCUT2D eigenvalue weighted by Gasteiger charge is -2.09. The fraction of sp³-hybridized carbons (Fsp3) is 0.304. The van der Waals surface area contributed by atoms with E-state index in [1.54, 1.807) is 36.1 Å². The van der Waals surface area contributed by atoms with Crippen molar-refractivity contribution in [3.05, 3.63) is 70.3 Å². The number of alkyl halides is 2. The van der Waals surface area contributed by atoms with Crippen molar-refractivity contribution < 1.29 is 13.6 Å². The molecule has 1 aliphatic rings. The second-order valence-electron chi connectivity index (χ2n) is 8.25. The number of aryl methyl sites for hydroxylation is 1. The van der Waals surface area contributed by atoms with Crippen LogP contribution in [-0.2, 0) is 17.9 Å². The van der Waals surface area contributed by atoms with Crippen LogP contribution < -0.4 is 5.32 Å². The number of hydrogen-bond donors (Lipinski definition) is 1. The van der Waals surface area contributed by atoms with Crippen LogP contribution in [0.15, 0.2) is 42.7 Å². The van der Waals surface area contributed by atoms with E-state index in [2.05, 4.69) is 20.5 Å². The Morgan fingerprint density at radius 2 is 2.03 bits per heavy atom. The van der Waals surface area contributed by atoms with Gasteiger partial charge in [0.1, 0.15) is 6.54 Å². The molecule has 3 heterocycles. The first-order chi connectivity index (χ1) is 15.9. The summed E-state index contributed by atoms with van der Waals surface area (Å²) in [6.45, 7) is 2.09. The standard InChI is InChI=1S/C23H21ClF2N6O/c1-13-21-18(22(25)26)8-19(15-4-5-15)29-23(21)32(30-13)12-20(33)28-17-6-2-14(3-7-17)10-31-11-16(24)9-27-31/h2-3,6-9,11,15,22H,4-5,10,12H2,1H3,(H,28,33). The molecule has 0 spiro atoms. The van der Waals surface area contributed by atoms with Gasteiger partial charge in [-0.25, -0.2) is 18.4 Å². The van der Waals surface area contributed by atoms with Gasteiger partial charge in [0, 0.05) is 29.1 Å². The number of rotatable bonds is 7. The number of nitrogens with zero attached hydrogens (tertiary/aromatic N) is 5. The van der Waals surface area contributed by atoms with Gasteiger partial charge in [-0.3, -0.25) is 9.48 Å². The number of benzene rings is 1. The van der Waals surface area contributed by atoms with Crippen molar-refractivity contribution in [1.82, 2.24) is 24.5 Å². The molecule has 170 valence electrons. The topological polar surface area (TPSA) is 77.6 Å². The third kappa shape index (κ3) is 4.59. The van der Waals surface area contributed by atoms with E-state index < -0.39 is 6.43 Å². The first kappa shape index (κ1) is 21.5. The molecule has 1 saturated carbocycles. The fourth-order valence-corrected chi connectivity index (χ4v) is 4.08. The highest BCUT2D eigenvalue weighted by Gasteiger charge is 2.29. The molecule has 5 rings (SSSR count). The summed E-state index contributed by atoms with van der Waals surface area (Å²) in [6, 6.07) is 8.85. The summed E-state index contributed by atoms with van der Waals surface area (Å²) in [4.78, 5) is 17.3. The van der Waals surface area contributed by atoms with Crippen LogP contribution in [0.3, 0.4) is 0 Å². The zero-order chi connectivity index (χ0) is 23.1. The number of fused-ring (bicyclic) bond motifs is 1. The van der Waals surface area contributed by atoms with Gasteiger partial charge < -0.3 is 5.32 Å². The lowest BCUT2D eigenvalue weighted by molar-refractivity contribution is -0.116. The molecule has 0 bridgehead atoms. The molecule has 0 radical (unpaired) electrons. The average Bonchev–Trinajstić information content (AvgIpc) is 3.48. The van der Waals surface area contributed by atoms with E-state index in [-0.39, 0.29) is 23.9 Å². The van der Waals surface area contributed by atoms with E-state index in [0.717, 1.165) is 18.4 Å². The van der Waals surface area contributed by atoms with E-state index >= 15 is 0 Å². The van der Waals surface area contributed by atoms with E-state index in [1.165, 1.54) is 10.7 Å². The molecule has 0 unspecified atom stereocenters. The van der Waals surface area contributed by atoms with Gasteiger partial charge in [0.05, 0.1) is 28.8 Å². The van der Waals surface area contributed by atoms with E-state index in [1.807, 2.05) is 12.1 Å². The second kappa shape index (κ2) is 8.55. The van der Waals surface area contributed by atoms with Crippen LogP contribution in [0.25, 0.3) is 11.0 Å². The molecule has 7 nitrogen and oxygen atoms in total. The Morgan fingerprint density at radius 1 is 1.27 bits per heavy atom. The Kier molecular flexibility index (Phi) is 5.57. The number of carbonyl (C=O) groups excluding carboxylic acids is 1. The van der Waals surface area contributed by atoms with Crippen molar-refractivity contribution in [3.8, 4) is 0 Å². The Hall–Kier alpha value is -3.33. The summed E-state index contributed by atoms with van der Waals surface area (Å²) in [7, 11) is 0. The van der Waals surface area contributed by atoms with E-state index in [0.29, 0.717) is 39.7 Å². The van der Waals surface area contributed by atoms with E-state index in [9.17, 15) is 13.6 Å². The van der Waals surface area contributed by atoms with Crippen LogP contribution >= 0.6 is 11.6 Å². The Morgan fingerprint density at radius 3 is 2.67 bits per heavy atom. The molecule has 1 aromatic carbocycles. The van der Waals surface area contributed by atoms with Crippen LogP contribution in [0.4, 0.5) is 14.5 Å². The molecule has 1 aliphatic carbocycles. The van der Waals surface area contributed by atoms with Crippen LogP contribution in [0.2, 0.25) is 5.02 Å². The summed E-state index contributed by atoms with van der Waals surface area (Å²) in [5.74, 6) is -0.108. The zero-order valence-electron chi connectivity index (χ0n) is 17.8. The van der Waals surface area contributed by atoms with Crippen molar-refractivity contribution in [1.29, 1.82) is 0 Å². The summed E-state index contributed by atoms with van der Waals surface area (Å²) >= 11 is 5.89. The Labute approximate surface area is 193 Å². The molecule has 0 saturated heterocycles. The Balaban J connectivity index is 1.33. The molecule has 1 fully saturated rings. The number of nitrogens with one attached hydrogen (secondary N) is 1. The van der Waals surface area contributed by atoms with Crippen molar-refractivity contribution in [2.75, 3.05) is 5.32 Å². The molecule has 33 heavy (non-hydrogen) atoms. The maximum atomic E-state index is 13.7. The molecule has 4 aromatic rings. The highest BCUT2D eigenvalue weighted by molar-refractivity contribution is 6.30. The minimum absolute atomic E-state index is 0.0693. The van der Waals surface area contributed by atoms with Crippen LogP contribution in [-0.4, -0.2) is 30.5 Å². The van der Waals surface area contributed by atoms with Gasteiger partial charge in [-0.15, -0.1) is 0 Å². The third-order valence-electron chi connectivity index (χ3n) is 5.64. The predicted octanol–water partition coefficient (Wildman–Crippen LogP) is 5.09. The molecular weight excluding hydrogens is 450 g/mol. The quantitative estimate of drug-likeness (QED) is 0.408. The molecular formula is C23H21ClF2N6O. The number of carbonyl (C=O) groups is 1. The van der Waals surface area contributed by atoms with Crippen LogP contribution in [0, 0.1) is 6.92 Å². The zero-order valence-corrected chi connectivity index (χ0v) is 18.6. The molecule has 1 amide bonds. The SMILES string of the molecule is Cc1nn(CC(=O)Nc2ccc(Cn3cc(Cl)cn3)cc2)c2nc(C3CC3)cc(C(F)F)c12. The number of anilines is 1. The van der Waals surface area contributed by atoms with Crippen LogP contribution in [0.5, 0.6) is 0 Å². The molecule has 3 aromatic heterocycles. The molecule has 10 heteroatoms. The third-order valence-corrected chi connectivity index (χ3v) is 5.83. The first-order valence-corrected chi connectivity index (χ1v) is 11.0. The number of halogens is 3. The minimum atomic E-state index is -2.63. The lowest BCUT2D eigenvalue weighted by Crippen LogP contribution is -2.20. The molecule has 1 N–H and O–H groups in total. The van der Waals surface area contributed by atoms with Gasteiger partial charge >= 0.3 is 0 Å². The van der Waals surface area contributed by atoms with Crippen LogP contribution in [0.1, 0.15) is 47.7 Å². The minimum Gasteiger partial charge on any atom is -0.324 e. The predicted molar refractivity (Wildman–Crippen MR) is 121 cm³/mol. The normalized spacial score (nSPS) is 13.7. The van der Waals surface area contributed by atoms with Gasteiger partial charge in [-0.05, 0) is 43.5 Å². The number of pyridine rings is 1. The van der Waals surface area contributed by atoms with Crippen molar-refractivity contribution in [2.24, 2.45) is 0 Å². The molecule has 0 atom stereocenters. The molecule has 0 aliphatic heterocycles.